The number of halogens is 1. The summed E-state index contributed by atoms with van der Waals surface area (Å²) >= 11 is 3.43. The molecule has 0 spiro atoms. The maximum Gasteiger partial charge on any atom is 0.291 e. The molecule has 0 saturated heterocycles. The summed E-state index contributed by atoms with van der Waals surface area (Å²) in [6, 6.07) is 10.8. The monoisotopic (exact) mass is 389 g/mol. The van der Waals surface area contributed by atoms with Crippen LogP contribution in [-0.4, -0.2) is 20.1 Å². The third-order valence-electron chi connectivity index (χ3n) is 3.76. The van der Waals surface area contributed by atoms with E-state index in [1.165, 1.54) is 7.11 Å². The summed E-state index contributed by atoms with van der Waals surface area (Å²) in [5, 5.41) is 3.72. The Morgan fingerprint density at radius 1 is 1.12 bits per heavy atom. The van der Waals surface area contributed by atoms with Gasteiger partial charge in [-0.25, -0.2) is 0 Å². The molecule has 5 nitrogen and oxygen atoms in total. The van der Waals surface area contributed by atoms with Crippen LogP contribution in [0.4, 0.5) is 5.69 Å². The van der Waals surface area contributed by atoms with Crippen LogP contribution in [0, 0.1) is 6.92 Å². The normalized spacial score (nSPS) is 10.7. The Bertz CT molecular complexity index is 917. The van der Waals surface area contributed by atoms with E-state index < -0.39 is 0 Å². The number of aryl methyl sites for hydroxylation is 1. The van der Waals surface area contributed by atoms with E-state index in [9.17, 15) is 4.79 Å². The molecule has 0 unspecified atom stereocenters. The van der Waals surface area contributed by atoms with Crippen molar-refractivity contribution < 1.29 is 18.7 Å². The smallest absolute Gasteiger partial charge is 0.291 e. The number of benzene rings is 2. The number of nitrogens with one attached hydrogen (secondary N) is 1. The van der Waals surface area contributed by atoms with Gasteiger partial charge in [0, 0.05) is 21.5 Å². The minimum Gasteiger partial charge on any atom is -0.497 e. The molecule has 2 aromatic carbocycles. The second kappa shape index (κ2) is 6.57. The quantitative estimate of drug-likeness (QED) is 0.697. The van der Waals surface area contributed by atoms with Gasteiger partial charge >= 0.3 is 0 Å². The first-order valence-electron chi connectivity index (χ1n) is 7.25. The molecular weight excluding hydrogens is 374 g/mol. The summed E-state index contributed by atoms with van der Waals surface area (Å²) in [4.78, 5) is 12.6. The lowest BCUT2D eigenvalue weighted by molar-refractivity contribution is 0.0997. The zero-order valence-electron chi connectivity index (χ0n) is 13.5. The first kappa shape index (κ1) is 16.4. The molecule has 0 saturated carbocycles. The van der Waals surface area contributed by atoms with Gasteiger partial charge in [-0.15, -0.1) is 0 Å². The summed E-state index contributed by atoms with van der Waals surface area (Å²) in [7, 11) is 3.11. The standard InChI is InChI=1S/C18H16BrNO4/c1-10-13-8-11(19)4-7-15(13)24-17(10)18(21)20-14-6-5-12(22-2)9-16(14)23-3/h4-9H,1-3H3,(H,20,21). The highest BCUT2D eigenvalue weighted by molar-refractivity contribution is 9.10. The van der Waals surface area contributed by atoms with Crippen LogP contribution in [-0.2, 0) is 0 Å². The van der Waals surface area contributed by atoms with Crippen molar-refractivity contribution >= 4 is 38.5 Å². The van der Waals surface area contributed by atoms with Gasteiger partial charge in [-0.3, -0.25) is 4.79 Å². The number of rotatable bonds is 4. The Morgan fingerprint density at radius 3 is 2.62 bits per heavy atom. The van der Waals surface area contributed by atoms with Crippen molar-refractivity contribution in [1.29, 1.82) is 0 Å². The molecule has 3 rings (SSSR count). The molecule has 1 N–H and O–H groups in total. The van der Waals surface area contributed by atoms with Crippen LogP contribution in [0.2, 0.25) is 0 Å². The zero-order chi connectivity index (χ0) is 17.3. The lowest BCUT2D eigenvalue weighted by Crippen LogP contribution is -2.13. The SMILES string of the molecule is COc1ccc(NC(=O)c2oc3ccc(Br)cc3c2C)c(OC)c1. The lowest BCUT2D eigenvalue weighted by Gasteiger charge is -2.11. The molecule has 6 heteroatoms. The van der Waals surface area contributed by atoms with E-state index in [0.717, 1.165) is 15.4 Å². The molecule has 3 aromatic rings. The van der Waals surface area contributed by atoms with Gasteiger partial charge < -0.3 is 19.2 Å². The number of amides is 1. The van der Waals surface area contributed by atoms with Crippen LogP contribution in [0.3, 0.4) is 0 Å². The number of hydrogen-bond donors (Lipinski definition) is 1. The maximum atomic E-state index is 12.6. The fourth-order valence-electron chi connectivity index (χ4n) is 2.49. The minimum atomic E-state index is -0.330. The Labute approximate surface area is 147 Å². The van der Waals surface area contributed by atoms with Crippen molar-refractivity contribution in [3.8, 4) is 11.5 Å². The summed E-state index contributed by atoms with van der Waals surface area (Å²) in [5.74, 6) is 1.11. The number of anilines is 1. The van der Waals surface area contributed by atoms with Crippen molar-refractivity contribution in [2.24, 2.45) is 0 Å². The van der Waals surface area contributed by atoms with Crippen molar-refractivity contribution in [3.05, 3.63) is 52.2 Å². The molecule has 1 aromatic heterocycles. The number of carbonyl (C=O) groups is 1. The number of furan rings is 1. The van der Waals surface area contributed by atoms with Gasteiger partial charge in [-0.05, 0) is 37.3 Å². The first-order valence-corrected chi connectivity index (χ1v) is 8.05. The van der Waals surface area contributed by atoms with E-state index in [2.05, 4.69) is 21.2 Å². The Kier molecular flexibility index (Phi) is 4.49. The molecule has 0 radical (unpaired) electrons. The molecule has 0 bridgehead atoms. The van der Waals surface area contributed by atoms with Crippen molar-refractivity contribution in [2.75, 3.05) is 19.5 Å². The second-order valence-corrected chi connectivity index (χ2v) is 6.13. The number of ether oxygens (including phenoxy) is 2. The fourth-order valence-corrected chi connectivity index (χ4v) is 2.85. The Hall–Kier alpha value is -2.47. The minimum absolute atomic E-state index is 0.279. The molecule has 0 aliphatic heterocycles. The highest BCUT2D eigenvalue weighted by atomic mass is 79.9. The highest BCUT2D eigenvalue weighted by Gasteiger charge is 2.19. The van der Waals surface area contributed by atoms with Crippen LogP contribution in [0.25, 0.3) is 11.0 Å². The molecule has 0 atom stereocenters. The lowest BCUT2D eigenvalue weighted by atomic mass is 10.1. The Morgan fingerprint density at radius 2 is 1.92 bits per heavy atom. The molecule has 0 fully saturated rings. The summed E-state index contributed by atoms with van der Waals surface area (Å²) < 4.78 is 17.1. The number of carbonyl (C=O) groups excluding carboxylic acids is 1. The summed E-state index contributed by atoms with van der Waals surface area (Å²) in [5.41, 5.74) is 2.00. The van der Waals surface area contributed by atoms with Gasteiger partial charge in [0.1, 0.15) is 17.1 Å². The number of hydrogen-bond acceptors (Lipinski definition) is 4. The van der Waals surface area contributed by atoms with Crippen LogP contribution in [0.1, 0.15) is 16.1 Å². The van der Waals surface area contributed by atoms with E-state index in [0.29, 0.717) is 22.8 Å². The van der Waals surface area contributed by atoms with E-state index in [4.69, 9.17) is 13.9 Å². The van der Waals surface area contributed by atoms with Gasteiger partial charge in [0.05, 0.1) is 19.9 Å². The van der Waals surface area contributed by atoms with E-state index in [1.54, 1.807) is 25.3 Å². The van der Waals surface area contributed by atoms with Crippen LogP contribution >= 0.6 is 15.9 Å². The zero-order valence-corrected chi connectivity index (χ0v) is 15.1. The van der Waals surface area contributed by atoms with Crippen molar-refractivity contribution in [3.63, 3.8) is 0 Å². The average molecular weight is 390 g/mol. The topological polar surface area (TPSA) is 60.7 Å². The molecule has 0 aliphatic carbocycles. The highest BCUT2D eigenvalue weighted by Crippen LogP contribution is 2.31. The van der Waals surface area contributed by atoms with Gasteiger partial charge in [0.2, 0.25) is 0 Å². The molecule has 0 aliphatic rings. The molecule has 124 valence electrons. The summed E-state index contributed by atoms with van der Waals surface area (Å²) in [6.45, 7) is 1.86. The fraction of sp³-hybridized carbons (Fsp3) is 0.167. The molecule has 24 heavy (non-hydrogen) atoms. The molecule has 1 amide bonds. The van der Waals surface area contributed by atoms with Gasteiger partial charge in [-0.2, -0.15) is 0 Å². The van der Waals surface area contributed by atoms with E-state index in [1.807, 2.05) is 25.1 Å². The Balaban J connectivity index is 1.94. The van der Waals surface area contributed by atoms with Crippen molar-refractivity contribution in [1.82, 2.24) is 0 Å². The number of fused-ring (bicyclic) bond motifs is 1. The number of methoxy groups -OCH3 is 2. The third kappa shape index (κ3) is 2.97. The second-order valence-electron chi connectivity index (χ2n) is 5.22. The first-order chi connectivity index (χ1) is 11.5. The van der Waals surface area contributed by atoms with Crippen LogP contribution in [0.5, 0.6) is 11.5 Å². The summed E-state index contributed by atoms with van der Waals surface area (Å²) in [6.07, 6.45) is 0. The predicted molar refractivity (Wildman–Crippen MR) is 96.2 cm³/mol. The van der Waals surface area contributed by atoms with Crippen LogP contribution in [0.15, 0.2) is 45.3 Å². The maximum absolute atomic E-state index is 12.6. The van der Waals surface area contributed by atoms with Gasteiger partial charge in [0.15, 0.2) is 5.76 Å². The predicted octanol–water partition coefficient (Wildman–Crippen LogP) is 4.77. The molecular formula is C18H16BrNO4. The van der Waals surface area contributed by atoms with Crippen LogP contribution < -0.4 is 14.8 Å². The van der Waals surface area contributed by atoms with Gasteiger partial charge in [-0.1, -0.05) is 15.9 Å². The van der Waals surface area contributed by atoms with E-state index >= 15 is 0 Å². The van der Waals surface area contributed by atoms with E-state index in [-0.39, 0.29) is 11.7 Å². The average Bonchev–Trinajstić information content (AvgIpc) is 2.91. The molecule has 1 heterocycles. The van der Waals surface area contributed by atoms with Crippen molar-refractivity contribution in [2.45, 2.75) is 6.92 Å². The largest absolute Gasteiger partial charge is 0.497 e. The third-order valence-corrected chi connectivity index (χ3v) is 4.25. The van der Waals surface area contributed by atoms with Gasteiger partial charge in [0.25, 0.3) is 5.91 Å².